The summed E-state index contributed by atoms with van der Waals surface area (Å²) >= 11 is 0. The average Bonchev–Trinajstić information content (AvgIpc) is 3.17. The zero-order valence-corrected chi connectivity index (χ0v) is 28.7. The molecule has 50 heavy (non-hydrogen) atoms. The lowest BCUT2D eigenvalue weighted by Crippen LogP contribution is -2.10. The van der Waals surface area contributed by atoms with Crippen LogP contribution in [0.2, 0.25) is 0 Å². The molecule has 7 rings (SSSR count). The number of rotatable bonds is 10. The molecule has 3 nitrogen and oxygen atoms in total. The van der Waals surface area contributed by atoms with Gasteiger partial charge in [-0.1, -0.05) is 120 Å². The summed E-state index contributed by atoms with van der Waals surface area (Å²) in [7, 11) is 1.73. The van der Waals surface area contributed by atoms with Crippen LogP contribution in [0.15, 0.2) is 176 Å². The maximum atomic E-state index is 5.89. The largest absolute Gasteiger partial charge is 0.496 e. The van der Waals surface area contributed by atoms with E-state index in [2.05, 4.69) is 200 Å². The van der Waals surface area contributed by atoms with Crippen LogP contribution in [-0.2, 0) is 0 Å². The second kappa shape index (κ2) is 14.8. The zero-order chi connectivity index (χ0) is 34.3. The van der Waals surface area contributed by atoms with E-state index in [0.717, 1.165) is 51.0 Å². The van der Waals surface area contributed by atoms with Gasteiger partial charge in [-0.3, -0.25) is 0 Å². The van der Waals surface area contributed by atoms with Crippen LogP contribution in [0.3, 0.4) is 0 Å². The molecule has 0 aliphatic heterocycles. The molecule has 0 radical (unpaired) electrons. The van der Waals surface area contributed by atoms with Crippen LogP contribution in [0.4, 0.5) is 34.1 Å². The summed E-state index contributed by atoms with van der Waals surface area (Å²) in [5.41, 5.74) is 13.6. The molecule has 0 spiro atoms. The van der Waals surface area contributed by atoms with Gasteiger partial charge in [0, 0.05) is 45.8 Å². The Hall–Kier alpha value is -6.32. The van der Waals surface area contributed by atoms with Crippen molar-refractivity contribution in [2.24, 2.45) is 0 Å². The molecule has 0 heterocycles. The Bertz CT molecular complexity index is 2090. The lowest BCUT2D eigenvalue weighted by atomic mass is 10.0. The normalized spacial score (nSPS) is 11.0. The number of hydrogen-bond donors (Lipinski definition) is 0. The van der Waals surface area contributed by atoms with Gasteiger partial charge in [0.15, 0.2) is 0 Å². The van der Waals surface area contributed by atoms with E-state index in [4.69, 9.17) is 4.74 Å². The van der Waals surface area contributed by atoms with Crippen molar-refractivity contribution in [3.63, 3.8) is 0 Å². The smallest absolute Gasteiger partial charge is 0.128 e. The Balaban J connectivity index is 1.10. The lowest BCUT2D eigenvalue weighted by molar-refractivity contribution is 0.414. The fourth-order valence-electron chi connectivity index (χ4n) is 6.19. The summed E-state index contributed by atoms with van der Waals surface area (Å²) in [4.78, 5) is 4.54. The molecule has 7 aromatic rings. The van der Waals surface area contributed by atoms with Gasteiger partial charge in [0.25, 0.3) is 0 Å². The quantitative estimate of drug-likeness (QED) is 0.137. The summed E-state index contributed by atoms with van der Waals surface area (Å²) < 4.78 is 5.89. The highest BCUT2D eigenvalue weighted by molar-refractivity contribution is 5.82. The van der Waals surface area contributed by atoms with E-state index < -0.39 is 0 Å². The Morgan fingerprint density at radius 3 is 1.28 bits per heavy atom. The van der Waals surface area contributed by atoms with Gasteiger partial charge in [-0.2, -0.15) is 0 Å². The first-order valence-electron chi connectivity index (χ1n) is 17.0. The van der Waals surface area contributed by atoms with Crippen LogP contribution < -0.4 is 14.5 Å². The van der Waals surface area contributed by atoms with Crippen molar-refractivity contribution in [1.29, 1.82) is 0 Å². The van der Waals surface area contributed by atoms with Crippen LogP contribution in [0.1, 0.15) is 22.3 Å². The van der Waals surface area contributed by atoms with Crippen molar-refractivity contribution < 1.29 is 4.74 Å². The average molecular weight is 649 g/mol. The minimum absolute atomic E-state index is 0.817. The molecule has 0 saturated heterocycles. The molecule has 244 valence electrons. The van der Waals surface area contributed by atoms with Crippen LogP contribution in [0.5, 0.6) is 5.75 Å². The van der Waals surface area contributed by atoms with E-state index >= 15 is 0 Å². The van der Waals surface area contributed by atoms with Gasteiger partial charge in [0.05, 0.1) is 7.11 Å². The molecule has 0 atom stereocenters. The topological polar surface area (TPSA) is 15.7 Å². The summed E-state index contributed by atoms with van der Waals surface area (Å²) in [6.45, 7) is 4.24. The number of para-hydroxylation sites is 2. The first kappa shape index (κ1) is 32.2. The molecule has 3 heteroatoms. The van der Waals surface area contributed by atoms with Gasteiger partial charge < -0.3 is 14.5 Å². The third-order valence-corrected chi connectivity index (χ3v) is 8.91. The van der Waals surface area contributed by atoms with E-state index in [1.54, 1.807) is 7.11 Å². The molecule has 0 saturated carbocycles. The highest BCUT2D eigenvalue weighted by Gasteiger charge is 2.15. The van der Waals surface area contributed by atoms with E-state index in [0.29, 0.717) is 0 Å². The molecule has 0 aromatic heterocycles. The number of ether oxygens (including phenoxy) is 1. The molecule has 0 bridgehead atoms. The van der Waals surface area contributed by atoms with Gasteiger partial charge >= 0.3 is 0 Å². The zero-order valence-electron chi connectivity index (χ0n) is 28.7. The van der Waals surface area contributed by atoms with Crippen molar-refractivity contribution in [3.05, 3.63) is 198 Å². The SMILES string of the molecule is COc1cc(N(c2ccccc2)c2ccccc2)ccc1C=Cc1ccc(-c2ccc(N(c3ccc(C)cc3)c3ccc(C)cc3)cc2)cc1. The standard InChI is InChI=1S/C47H40N2O/c1-35-14-27-43(28-15-35)48(44-29-16-36(2)17-30-44)45-31-24-39(25-32-45)38-21-18-37(19-22-38)20-23-40-26-33-46(34-47(40)50-3)49(41-10-6-4-7-11-41)42-12-8-5-9-13-42/h4-34H,1-3H3. The van der Waals surface area contributed by atoms with Crippen LogP contribution in [0, 0.1) is 13.8 Å². The molecule has 0 aliphatic rings. The maximum Gasteiger partial charge on any atom is 0.128 e. The third kappa shape index (κ3) is 7.23. The van der Waals surface area contributed by atoms with Gasteiger partial charge in [-0.05, 0) is 103 Å². The van der Waals surface area contributed by atoms with Crippen LogP contribution in [0.25, 0.3) is 23.3 Å². The van der Waals surface area contributed by atoms with Gasteiger partial charge in [-0.25, -0.2) is 0 Å². The van der Waals surface area contributed by atoms with Gasteiger partial charge in [0.1, 0.15) is 5.75 Å². The lowest BCUT2D eigenvalue weighted by Gasteiger charge is -2.26. The molecule has 0 N–H and O–H groups in total. The fraction of sp³-hybridized carbons (Fsp3) is 0.0638. The van der Waals surface area contributed by atoms with Crippen molar-refractivity contribution in [2.45, 2.75) is 13.8 Å². The minimum atomic E-state index is 0.817. The summed E-state index contributed by atoms with van der Waals surface area (Å²) in [5, 5.41) is 0. The van der Waals surface area contributed by atoms with Crippen molar-refractivity contribution >= 4 is 46.3 Å². The Morgan fingerprint density at radius 2 is 0.800 bits per heavy atom. The number of hydrogen-bond acceptors (Lipinski definition) is 3. The van der Waals surface area contributed by atoms with Crippen LogP contribution in [-0.4, -0.2) is 7.11 Å². The predicted molar refractivity (Wildman–Crippen MR) is 213 cm³/mol. The molecule has 0 aliphatic carbocycles. The summed E-state index contributed by atoms with van der Waals surface area (Å²) in [6, 6.07) is 62.1. The molecular formula is C47H40N2O. The highest BCUT2D eigenvalue weighted by atomic mass is 16.5. The van der Waals surface area contributed by atoms with E-state index in [1.807, 2.05) is 12.1 Å². The number of anilines is 6. The number of aryl methyl sites for hydroxylation is 2. The fourth-order valence-corrected chi connectivity index (χ4v) is 6.19. The minimum Gasteiger partial charge on any atom is -0.496 e. The van der Waals surface area contributed by atoms with Crippen molar-refractivity contribution in [2.75, 3.05) is 16.9 Å². The molecule has 0 unspecified atom stereocenters. The van der Waals surface area contributed by atoms with Crippen molar-refractivity contribution in [3.8, 4) is 16.9 Å². The van der Waals surface area contributed by atoms with Crippen molar-refractivity contribution in [1.82, 2.24) is 0 Å². The second-order valence-corrected chi connectivity index (χ2v) is 12.4. The molecule has 0 amide bonds. The number of nitrogens with zero attached hydrogens (tertiary/aromatic N) is 2. The number of benzene rings is 7. The Labute approximate surface area is 296 Å². The Morgan fingerprint density at radius 1 is 0.400 bits per heavy atom. The van der Waals surface area contributed by atoms with E-state index in [9.17, 15) is 0 Å². The van der Waals surface area contributed by atoms with Crippen LogP contribution >= 0.6 is 0 Å². The molecule has 0 fully saturated rings. The van der Waals surface area contributed by atoms with Gasteiger partial charge in [0.2, 0.25) is 0 Å². The summed E-state index contributed by atoms with van der Waals surface area (Å²) in [5.74, 6) is 0.817. The monoisotopic (exact) mass is 648 g/mol. The van der Waals surface area contributed by atoms with E-state index in [1.165, 1.54) is 22.3 Å². The predicted octanol–water partition coefficient (Wildman–Crippen LogP) is 13.1. The molecule has 7 aromatic carbocycles. The second-order valence-electron chi connectivity index (χ2n) is 12.4. The number of methoxy groups -OCH3 is 1. The third-order valence-electron chi connectivity index (χ3n) is 8.91. The Kier molecular flexibility index (Phi) is 9.57. The first-order chi connectivity index (χ1) is 24.6. The van der Waals surface area contributed by atoms with Gasteiger partial charge in [-0.15, -0.1) is 0 Å². The highest BCUT2D eigenvalue weighted by Crippen LogP contribution is 2.38. The summed E-state index contributed by atoms with van der Waals surface area (Å²) in [6.07, 6.45) is 4.25. The maximum absolute atomic E-state index is 5.89. The first-order valence-corrected chi connectivity index (χ1v) is 17.0. The molecular weight excluding hydrogens is 609 g/mol. The van der Waals surface area contributed by atoms with E-state index in [-0.39, 0.29) is 0 Å².